The van der Waals surface area contributed by atoms with Gasteiger partial charge in [0.05, 0.1) is 29.9 Å². The van der Waals surface area contributed by atoms with Crippen LogP contribution in [-0.2, 0) is 33.5 Å². The zero-order valence-corrected chi connectivity index (χ0v) is 25.0. The van der Waals surface area contributed by atoms with E-state index in [0.717, 1.165) is 23.3 Å². The largest absolute Gasteiger partial charge is 0.554 e. The fraction of sp³-hybridized carbons (Fsp3) is 0.250. The summed E-state index contributed by atoms with van der Waals surface area (Å²) in [5.41, 5.74) is 1.60. The second-order valence-corrected chi connectivity index (χ2v) is 10.3. The van der Waals surface area contributed by atoms with Gasteiger partial charge in [0, 0.05) is 35.9 Å². The van der Waals surface area contributed by atoms with Crippen LogP contribution in [0, 0.1) is 18.3 Å². The summed E-state index contributed by atoms with van der Waals surface area (Å²) in [4.78, 5) is 36.2. The number of carbonyl (C=O) groups is 2. The van der Waals surface area contributed by atoms with Crippen molar-refractivity contribution in [2.75, 3.05) is 12.0 Å². The van der Waals surface area contributed by atoms with Crippen LogP contribution in [0.15, 0.2) is 83.1 Å². The predicted molar refractivity (Wildman–Crippen MR) is 156 cm³/mol. The van der Waals surface area contributed by atoms with Crippen molar-refractivity contribution < 1.29 is 37.2 Å². The second kappa shape index (κ2) is 13.9. The molecule has 11 nitrogen and oxygen atoms in total. The molecule has 0 unspecified atom stereocenters. The number of nitrogens with zero attached hydrogens (tertiary/aromatic N) is 5. The first-order valence-electron chi connectivity index (χ1n) is 13.9. The lowest BCUT2D eigenvalue weighted by molar-refractivity contribution is -0.697. The van der Waals surface area contributed by atoms with Crippen LogP contribution in [0.25, 0.3) is 0 Å². The summed E-state index contributed by atoms with van der Waals surface area (Å²) in [5, 5.41) is 24.4. The van der Waals surface area contributed by atoms with E-state index in [9.17, 15) is 28.0 Å². The third-order valence-electron chi connectivity index (χ3n) is 7.41. The molecule has 0 saturated carbocycles. The van der Waals surface area contributed by atoms with Crippen molar-refractivity contribution in [3.8, 4) is 6.07 Å². The Morgan fingerprint density at radius 1 is 1.20 bits per heavy atom. The number of rotatable bonds is 7. The lowest BCUT2D eigenvalue weighted by Crippen LogP contribution is -2.38. The van der Waals surface area contributed by atoms with Crippen molar-refractivity contribution >= 4 is 24.1 Å². The molecule has 4 aromatic rings. The SMILES string of the molecule is COC(=O)C1=C(C)N(c2cccc(C(F)(F)F)c2)c2n[nH]c(=O)n2[C@@H]1c1ccc(C#N)cc1CCC[n+]1cccc(C)c1.O=C[O-]. The summed E-state index contributed by atoms with van der Waals surface area (Å²) in [7, 11) is 1.20. The van der Waals surface area contributed by atoms with Crippen LogP contribution in [0.5, 0.6) is 0 Å². The Labute approximate surface area is 261 Å². The highest BCUT2D eigenvalue weighted by molar-refractivity contribution is 5.93. The molecule has 0 aliphatic carbocycles. The number of nitrogens with one attached hydrogen (secondary N) is 1. The molecular weight excluding hydrogens is 605 g/mol. The van der Waals surface area contributed by atoms with Crippen LogP contribution in [0.1, 0.15) is 47.2 Å². The molecule has 0 bridgehead atoms. The topological polar surface area (TPSA) is 148 Å². The van der Waals surface area contributed by atoms with Crippen molar-refractivity contribution in [2.24, 2.45) is 0 Å². The number of nitriles is 1. The molecule has 2 aromatic carbocycles. The van der Waals surface area contributed by atoms with Crippen molar-refractivity contribution in [3.63, 3.8) is 0 Å². The molecule has 3 heterocycles. The number of H-pyrrole nitrogens is 1. The molecule has 1 N–H and O–H groups in total. The van der Waals surface area contributed by atoms with Crippen molar-refractivity contribution in [1.82, 2.24) is 14.8 Å². The van der Waals surface area contributed by atoms with E-state index < -0.39 is 35.9 Å². The van der Waals surface area contributed by atoms with Crippen LogP contribution >= 0.6 is 0 Å². The van der Waals surface area contributed by atoms with Gasteiger partial charge in [-0.2, -0.15) is 18.4 Å². The molecule has 238 valence electrons. The van der Waals surface area contributed by atoms with Crippen LogP contribution in [0.4, 0.5) is 24.8 Å². The predicted octanol–water partition coefficient (Wildman–Crippen LogP) is 3.24. The third kappa shape index (κ3) is 6.83. The molecule has 0 fully saturated rings. The van der Waals surface area contributed by atoms with Gasteiger partial charge in [-0.05, 0) is 67.8 Å². The summed E-state index contributed by atoms with van der Waals surface area (Å²) in [6, 6.07) is 14.6. The highest BCUT2D eigenvalue weighted by Gasteiger charge is 2.41. The maximum absolute atomic E-state index is 13.6. The van der Waals surface area contributed by atoms with Crippen LogP contribution < -0.4 is 20.3 Å². The number of esters is 1. The van der Waals surface area contributed by atoms with Crippen LogP contribution in [0.2, 0.25) is 0 Å². The van der Waals surface area contributed by atoms with Gasteiger partial charge in [-0.25, -0.2) is 23.8 Å². The highest BCUT2D eigenvalue weighted by Crippen LogP contribution is 2.43. The number of ether oxygens (including phenoxy) is 1. The molecule has 1 aliphatic rings. The number of carboxylic acid groups (broad SMARTS) is 1. The maximum atomic E-state index is 13.6. The minimum absolute atomic E-state index is 0.00473. The number of methoxy groups -OCH3 is 1. The zero-order valence-electron chi connectivity index (χ0n) is 25.0. The number of allylic oxidation sites excluding steroid dienone is 1. The number of pyridine rings is 1. The van der Waals surface area contributed by atoms with E-state index >= 15 is 0 Å². The molecule has 0 saturated heterocycles. The van der Waals surface area contributed by atoms with Gasteiger partial charge in [0.1, 0.15) is 12.6 Å². The van der Waals surface area contributed by atoms with E-state index in [-0.39, 0.29) is 22.9 Å². The lowest BCUT2D eigenvalue weighted by Gasteiger charge is -2.36. The summed E-state index contributed by atoms with van der Waals surface area (Å²) in [6.07, 6.45) is 0.560. The molecule has 0 spiro atoms. The normalized spacial score (nSPS) is 14.1. The number of hydrogen-bond acceptors (Lipinski definition) is 8. The monoisotopic (exact) mass is 634 g/mol. The third-order valence-corrected chi connectivity index (χ3v) is 7.41. The Kier molecular flexibility index (Phi) is 10.1. The summed E-state index contributed by atoms with van der Waals surface area (Å²) in [5.74, 6) is -0.756. The molecular formula is C32H29F3N6O5. The molecule has 1 atom stereocenters. The minimum atomic E-state index is -4.61. The summed E-state index contributed by atoms with van der Waals surface area (Å²) in [6.45, 7) is 3.75. The van der Waals surface area contributed by atoms with E-state index in [4.69, 9.17) is 14.6 Å². The minimum Gasteiger partial charge on any atom is -0.554 e. The molecule has 0 radical (unpaired) electrons. The number of aromatic amines is 1. The first-order chi connectivity index (χ1) is 21.9. The van der Waals surface area contributed by atoms with Crippen molar-refractivity contribution in [1.29, 1.82) is 5.26 Å². The first-order valence-corrected chi connectivity index (χ1v) is 13.9. The Bertz CT molecular complexity index is 1890. The number of hydrogen-bond donors (Lipinski definition) is 1. The number of carbonyl (C=O) groups excluding carboxylic acids is 2. The number of aryl methyl sites for hydroxylation is 3. The van der Waals surface area contributed by atoms with Gasteiger partial charge in [-0.15, -0.1) is 5.10 Å². The van der Waals surface area contributed by atoms with Gasteiger partial charge in [0.15, 0.2) is 12.4 Å². The average Bonchev–Trinajstić information content (AvgIpc) is 3.40. The van der Waals surface area contributed by atoms with Gasteiger partial charge in [0.25, 0.3) is 0 Å². The molecule has 2 aromatic heterocycles. The number of anilines is 2. The molecule has 1 aliphatic heterocycles. The average molecular weight is 635 g/mol. The molecule has 46 heavy (non-hydrogen) atoms. The molecule has 0 amide bonds. The summed E-state index contributed by atoms with van der Waals surface area (Å²) >= 11 is 0. The Hall–Kier alpha value is -5.71. The van der Waals surface area contributed by atoms with Crippen molar-refractivity contribution in [3.05, 3.63) is 117 Å². The smallest absolute Gasteiger partial charge is 0.416 e. The summed E-state index contributed by atoms with van der Waals surface area (Å²) < 4.78 is 49.2. The number of fused-ring (bicyclic) bond motifs is 1. The Balaban J connectivity index is 0.00000154. The number of aromatic nitrogens is 4. The van der Waals surface area contributed by atoms with E-state index in [0.29, 0.717) is 30.5 Å². The van der Waals surface area contributed by atoms with Gasteiger partial charge in [0.2, 0.25) is 5.95 Å². The molecule has 14 heteroatoms. The van der Waals surface area contributed by atoms with E-state index in [2.05, 4.69) is 20.8 Å². The standard InChI is InChI=1S/C31H27F3N6O3.CH2O2/c1-19-7-5-13-38(18-19)14-6-8-22-15-21(17-35)11-12-25(22)27-26(28(41)43-3)20(2)39(29-36-37-30(42)40(27)29)24-10-4-9-23(16-24)31(32,33)34;2-1-3/h4-5,7,9-13,15-16,18,27H,6,8,14H2,1-3H3;1H,(H,2,3)/t27-;/m1./s1. The lowest BCUT2D eigenvalue weighted by atomic mass is 9.88. The van der Waals surface area contributed by atoms with Crippen LogP contribution in [-0.4, -0.2) is 34.3 Å². The molecule has 5 rings (SSSR count). The van der Waals surface area contributed by atoms with E-state index in [1.54, 1.807) is 25.1 Å². The highest BCUT2D eigenvalue weighted by atomic mass is 19.4. The van der Waals surface area contributed by atoms with Gasteiger partial charge < -0.3 is 14.6 Å². The first kappa shape index (κ1) is 33.2. The number of alkyl halides is 3. The number of halogens is 3. The van der Waals surface area contributed by atoms with E-state index in [1.165, 1.54) is 28.7 Å². The van der Waals surface area contributed by atoms with Gasteiger partial charge in [-0.3, -0.25) is 4.90 Å². The van der Waals surface area contributed by atoms with Crippen LogP contribution in [0.3, 0.4) is 0 Å². The fourth-order valence-electron chi connectivity index (χ4n) is 5.48. The van der Waals surface area contributed by atoms with Gasteiger partial charge in [-0.1, -0.05) is 12.1 Å². The zero-order chi connectivity index (χ0) is 33.6. The second-order valence-electron chi connectivity index (χ2n) is 10.3. The Morgan fingerprint density at radius 2 is 1.93 bits per heavy atom. The van der Waals surface area contributed by atoms with Crippen molar-refractivity contribution in [2.45, 2.75) is 45.5 Å². The van der Waals surface area contributed by atoms with Gasteiger partial charge >= 0.3 is 17.8 Å². The quantitative estimate of drug-likeness (QED) is 0.185. The fourth-order valence-corrected chi connectivity index (χ4v) is 5.48. The number of benzene rings is 2. The van der Waals surface area contributed by atoms with E-state index in [1.807, 2.05) is 31.5 Å². The maximum Gasteiger partial charge on any atom is 0.416 e. The Morgan fingerprint density at radius 3 is 2.59 bits per heavy atom.